The van der Waals surface area contributed by atoms with Crippen LogP contribution in [0.5, 0.6) is 0 Å². The minimum absolute atomic E-state index is 0.239. The highest BCUT2D eigenvalue weighted by Gasteiger charge is 2.10. The van der Waals surface area contributed by atoms with Gasteiger partial charge in [0.25, 0.3) is 0 Å². The summed E-state index contributed by atoms with van der Waals surface area (Å²) in [7, 11) is 1.75. The number of aryl methyl sites for hydroxylation is 4. The number of aromatic nitrogens is 4. The molecule has 0 spiro atoms. The van der Waals surface area contributed by atoms with Crippen LogP contribution in [-0.4, -0.2) is 25.9 Å². The van der Waals surface area contributed by atoms with Gasteiger partial charge in [-0.15, -0.1) is 0 Å². The molecule has 2 N–H and O–H groups in total. The molecule has 2 aromatic rings. The van der Waals surface area contributed by atoms with Crippen LogP contribution >= 0.6 is 11.6 Å². The third-order valence-electron chi connectivity index (χ3n) is 2.97. The summed E-state index contributed by atoms with van der Waals surface area (Å²) in [5.74, 6) is -0.239. The summed E-state index contributed by atoms with van der Waals surface area (Å²) < 4.78 is 1.57. The van der Waals surface area contributed by atoms with E-state index in [2.05, 4.69) is 20.6 Å². The molecule has 0 radical (unpaired) electrons. The van der Waals surface area contributed by atoms with E-state index in [1.54, 1.807) is 17.8 Å². The van der Waals surface area contributed by atoms with Crippen LogP contribution < -0.4 is 5.32 Å². The van der Waals surface area contributed by atoms with Gasteiger partial charge in [-0.3, -0.25) is 14.6 Å². The highest BCUT2D eigenvalue weighted by Crippen LogP contribution is 2.20. The van der Waals surface area contributed by atoms with Crippen molar-refractivity contribution in [2.45, 2.75) is 20.8 Å². The maximum atomic E-state index is 11.9. The Hall–Kier alpha value is -2.08. The van der Waals surface area contributed by atoms with Crippen LogP contribution in [0.25, 0.3) is 6.08 Å². The van der Waals surface area contributed by atoms with Crippen LogP contribution in [0.2, 0.25) is 5.15 Å². The van der Waals surface area contributed by atoms with Crippen molar-refractivity contribution >= 4 is 29.3 Å². The smallest absolute Gasteiger partial charge is 0.248 e. The van der Waals surface area contributed by atoms with Gasteiger partial charge >= 0.3 is 0 Å². The fourth-order valence-corrected chi connectivity index (χ4v) is 2.13. The molecule has 0 aliphatic heterocycles. The molecule has 106 valence electrons. The zero-order valence-electron chi connectivity index (χ0n) is 11.8. The van der Waals surface area contributed by atoms with E-state index in [1.807, 2.05) is 20.8 Å². The first-order chi connectivity index (χ1) is 9.40. The Labute approximate surface area is 121 Å². The molecule has 20 heavy (non-hydrogen) atoms. The van der Waals surface area contributed by atoms with Crippen molar-refractivity contribution in [1.82, 2.24) is 20.0 Å². The van der Waals surface area contributed by atoms with Gasteiger partial charge in [-0.25, -0.2) is 0 Å². The van der Waals surface area contributed by atoms with Crippen molar-refractivity contribution in [1.29, 1.82) is 0 Å². The Morgan fingerprint density at radius 2 is 2.05 bits per heavy atom. The van der Waals surface area contributed by atoms with E-state index >= 15 is 0 Å². The number of hydrogen-bond acceptors (Lipinski definition) is 3. The Morgan fingerprint density at radius 3 is 2.55 bits per heavy atom. The number of halogens is 1. The Morgan fingerprint density at radius 1 is 1.35 bits per heavy atom. The lowest BCUT2D eigenvalue weighted by atomic mass is 10.2. The number of amides is 1. The average molecular weight is 294 g/mol. The molecule has 0 aliphatic carbocycles. The second-order valence-electron chi connectivity index (χ2n) is 4.55. The molecule has 0 unspecified atom stereocenters. The molecular formula is C13H16ClN5O. The van der Waals surface area contributed by atoms with Gasteiger partial charge in [0.2, 0.25) is 5.91 Å². The predicted molar refractivity (Wildman–Crippen MR) is 78.7 cm³/mol. The molecule has 0 aliphatic rings. The first-order valence-corrected chi connectivity index (χ1v) is 6.47. The predicted octanol–water partition coefficient (Wildman–Crippen LogP) is 2.37. The van der Waals surface area contributed by atoms with Crippen LogP contribution in [0.1, 0.15) is 22.6 Å². The largest absolute Gasteiger partial charge is 0.319 e. The summed E-state index contributed by atoms with van der Waals surface area (Å²) in [6.07, 6.45) is 3.09. The van der Waals surface area contributed by atoms with Gasteiger partial charge in [0.15, 0.2) is 0 Å². The lowest BCUT2D eigenvalue weighted by molar-refractivity contribution is -0.111. The first-order valence-electron chi connectivity index (χ1n) is 6.10. The second-order valence-corrected chi connectivity index (χ2v) is 4.90. The fraction of sp³-hybridized carbons (Fsp3) is 0.308. The van der Waals surface area contributed by atoms with E-state index in [1.165, 1.54) is 6.08 Å². The number of carbonyl (C=O) groups is 1. The lowest BCUT2D eigenvalue weighted by Gasteiger charge is -2.01. The van der Waals surface area contributed by atoms with E-state index in [4.69, 9.17) is 11.6 Å². The fourth-order valence-electron chi connectivity index (χ4n) is 1.89. The summed E-state index contributed by atoms with van der Waals surface area (Å²) in [6, 6.07) is 0. The Kier molecular flexibility index (Phi) is 3.94. The van der Waals surface area contributed by atoms with Gasteiger partial charge in [-0.05, 0) is 26.8 Å². The van der Waals surface area contributed by atoms with E-state index in [9.17, 15) is 4.79 Å². The zero-order valence-corrected chi connectivity index (χ0v) is 12.5. The van der Waals surface area contributed by atoms with Gasteiger partial charge in [0.05, 0.1) is 22.8 Å². The molecule has 7 heteroatoms. The minimum Gasteiger partial charge on any atom is -0.319 e. The minimum atomic E-state index is -0.239. The van der Waals surface area contributed by atoms with E-state index < -0.39 is 0 Å². The molecule has 0 saturated carbocycles. The Bertz CT molecular complexity index is 664. The molecule has 0 atom stereocenters. The number of carbonyl (C=O) groups excluding carboxylic acids is 1. The standard InChI is InChI=1S/C13H16ClN5O/c1-7-10(13(14)19(4)18-7)5-6-11(20)15-12-8(2)16-17-9(12)3/h5-6H,1-4H3,(H,15,20)(H,16,17)/b6-5+. The number of aromatic amines is 1. The number of anilines is 1. The third-order valence-corrected chi connectivity index (χ3v) is 3.42. The molecule has 2 rings (SSSR count). The molecule has 2 aromatic heterocycles. The summed E-state index contributed by atoms with van der Waals surface area (Å²) in [4.78, 5) is 11.9. The van der Waals surface area contributed by atoms with Crippen molar-refractivity contribution in [2.24, 2.45) is 7.05 Å². The molecule has 0 fully saturated rings. The second kappa shape index (κ2) is 5.50. The van der Waals surface area contributed by atoms with Crippen molar-refractivity contribution in [2.75, 3.05) is 5.32 Å². The molecule has 0 aromatic carbocycles. The van der Waals surface area contributed by atoms with Gasteiger partial charge in [-0.2, -0.15) is 10.2 Å². The quantitative estimate of drug-likeness (QED) is 0.853. The van der Waals surface area contributed by atoms with Gasteiger partial charge < -0.3 is 5.32 Å². The summed E-state index contributed by atoms with van der Waals surface area (Å²) in [5.41, 5.74) is 3.79. The van der Waals surface area contributed by atoms with E-state index in [0.29, 0.717) is 10.8 Å². The molecule has 0 saturated heterocycles. The topological polar surface area (TPSA) is 75.6 Å². The highest BCUT2D eigenvalue weighted by atomic mass is 35.5. The number of rotatable bonds is 3. The van der Waals surface area contributed by atoms with Crippen molar-refractivity contribution in [3.05, 3.63) is 33.9 Å². The number of nitrogens with one attached hydrogen (secondary N) is 2. The normalized spacial score (nSPS) is 11.2. The summed E-state index contributed by atoms with van der Waals surface area (Å²) >= 11 is 6.09. The average Bonchev–Trinajstić information content (AvgIpc) is 2.82. The Balaban J connectivity index is 2.14. The number of H-pyrrole nitrogens is 1. The van der Waals surface area contributed by atoms with E-state index in [-0.39, 0.29) is 5.91 Å². The van der Waals surface area contributed by atoms with Crippen LogP contribution in [0, 0.1) is 20.8 Å². The van der Waals surface area contributed by atoms with Crippen LogP contribution in [0.3, 0.4) is 0 Å². The maximum Gasteiger partial charge on any atom is 0.248 e. The third kappa shape index (κ3) is 2.75. The van der Waals surface area contributed by atoms with Crippen LogP contribution in [-0.2, 0) is 11.8 Å². The maximum absolute atomic E-state index is 11.9. The van der Waals surface area contributed by atoms with E-state index in [0.717, 1.165) is 22.6 Å². The van der Waals surface area contributed by atoms with Crippen LogP contribution in [0.4, 0.5) is 5.69 Å². The lowest BCUT2D eigenvalue weighted by Crippen LogP contribution is -2.09. The highest BCUT2D eigenvalue weighted by molar-refractivity contribution is 6.31. The van der Waals surface area contributed by atoms with Gasteiger partial charge in [-0.1, -0.05) is 11.6 Å². The van der Waals surface area contributed by atoms with Crippen LogP contribution in [0.15, 0.2) is 6.08 Å². The molecular weight excluding hydrogens is 278 g/mol. The number of hydrogen-bond donors (Lipinski definition) is 2. The van der Waals surface area contributed by atoms with Gasteiger partial charge in [0, 0.05) is 18.7 Å². The van der Waals surface area contributed by atoms with Gasteiger partial charge in [0.1, 0.15) is 5.15 Å². The van der Waals surface area contributed by atoms with Crippen molar-refractivity contribution in [3.8, 4) is 0 Å². The molecule has 1 amide bonds. The molecule has 2 heterocycles. The molecule has 6 nitrogen and oxygen atoms in total. The summed E-state index contributed by atoms with van der Waals surface area (Å²) in [5, 5.41) is 14.3. The SMILES string of the molecule is Cc1nn(C)c(Cl)c1/C=C/C(=O)Nc1c(C)n[nH]c1C. The summed E-state index contributed by atoms with van der Waals surface area (Å²) in [6.45, 7) is 5.51. The molecule has 0 bridgehead atoms. The monoisotopic (exact) mass is 293 g/mol. The zero-order chi connectivity index (χ0) is 14.9. The van der Waals surface area contributed by atoms with Crippen molar-refractivity contribution in [3.63, 3.8) is 0 Å². The van der Waals surface area contributed by atoms with Crippen molar-refractivity contribution < 1.29 is 4.79 Å². The number of nitrogens with zero attached hydrogens (tertiary/aromatic N) is 3. The first kappa shape index (κ1) is 14.3.